The summed E-state index contributed by atoms with van der Waals surface area (Å²) >= 11 is 0. The van der Waals surface area contributed by atoms with Gasteiger partial charge >= 0.3 is 0 Å². The van der Waals surface area contributed by atoms with E-state index in [2.05, 4.69) is 41.6 Å². The van der Waals surface area contributed by atoms with Crippen LogP contribution in [0, 0.1) is 6.92 Å². The number of hydrogen-bond donors (Lipinski definition) is 1. The predicted molar refractivity (Wildman–Crippen MR) is 105 cm³/mol. The first-order chi connectivity index (χ1) is 13.0. The summed E-state index contributed by atoms with van der Waals surface area (Å²) in [7, 11) is 0. The normalized spacial score (nSPS) is 11.4. The molecular formula is C21H22N4O2. The molecule has 6 heteroatoms. The Morgan fingerprint density at radius 2 is 2.00 bits per heavy atom. The number of carbonyl (C=O) groups is 1. The number of rotatable bonds is 5. The van der Waals surface area contributed by atoms with E-state index in [0.29, 0.717) is 23.5 Å². The van der Waals surface area contributed by atoms with E-state index in [-0.39, 0.29) is 11.9 Å². The Bertz CT molecular complexity index is 1080. The van der Waals surface area contributed by atoms with Gasteiger partial charge in [-0.25, -0.2) is 0 Å². The molecule has 3 heterocycles. The lowest BCUT2D eigenvalue weighted by molar-refractivity contribution is 0.101. The van der Waals surface area contributed by atoms with Crippen LogP contribution >= 0.6 is 0 Å². The lowest BCUT2D eigenvalue weighted by Crippen LogP contribution is -2.17. The van der Waals surface area contributed by atoms with Crippen LogP contribution in [0.15, 0.2) is 59.5 Å². The van der Waals surface area contributed by atoms with Gasteiger partial charge < -0.3 is 14.3 Å². The standard InChI is InChI=1S/C21H22N4O2/c1-14(2)25-13-17(11-22-25)23-21(26)19-10-20-18(8-9-27-20)24(19)12-16-6-4-15(3)5-7-16/h4-11,13-14H,12H2,1-3H3,(H,23,26). The SMILES string of the molecule is Cc1ccc(Cn2c(C(=O)Nc3cnn(C(C)C)c3)cc3occc32)cc1. The molecule has 1 aromatic carbocycles. The first kappa shape index (κ1) is 17.1. The minimum atomic E-state index is -0.184. The largest absolute Gasteiger partial charge is 0.463 e. The van der Waals surface area contributed by atoms with E-state index in [1.54, 1.807) is 18.5 Å². The fourth-order valence-electron chi connectivity index (χ4n) is 3.09. The number of carbonyl (C=O) groups excluding carboxylic acids is 1. The molecule has 3 aromatic heterocycles. The number of nitrogens with zero attached hydrogens (tertiary/aromatic N) is 3. The van der Waals surface area contributed by atoms with Gasteiger partial charge in [-0.1, -0.05) is 29.8 Å². The number of anilines is 1. The van der Waals surface area contributed by atoms with Crippen LogP contribution in [0.4, 0.5) is 5.69 Å². The Morgan fingerprint density at radius 1 is 1.22 bits per heavy atom. The molecule has 0 atom stereocenters. The summed E-state index contributed by atoms with van der Waals surface area (Å²) in [5.74, 6) is -0.184. The van der Waals surface area contributed by atoms with Crippen molar-refractivity contribution in [2.45, 2.75) is 33.4 Å². The molecule has 0 saturated carbocycles. The second-order valence-electron chi connectivity index (χ2n) is 7.03. The first-order valence-electron chi connectivity index (χ1n) is 8.99. The minimum absolute atomic E-state index is 0.184. The van der Waals surface area contributed by atoms with Crippen molar-refractivity contribution in [1.82, 2.24) is 14.3 Å². The van der Waals surface area contributed by atoms with Crippen molar-refractivity contribution < 1.29 is 9.21 Å². The van der Waals surface area contributed by atoms with Crippen LogP contribution in [-0.2, 0) is 6.54 Å². The maximum atomic E-state index is 12.9. The van der Waals surface area contributed by atoms with Gasteiger partial charge in [0, 0.05) is 30.9 Å². The molecule has 27 heavy (non-hydrogen) atoms. The van der Waals surface area contributed by atoms with E-state index in [4.69, 9.17) is 4.42 Å². The number of hydrogen-bond acceptors (Lipinski definition) is 3. The van der Waals surface area contributed by atoms with E-state index >= 15 is 0 Å². The van der Waals surface area contributed by atoms with Gasteiger partial charge in [0.15, 0.2) is 5.58 Å². The lowest BCUT2D eigenvalue weighted by atomic mass is 10.1. The van der Waals surface area contributed by atoms with Gasteiger partial charge in [-0.2, -0.15) is 5.10 Å². The fraction of sp³-hybridized carbons (Fsp3) is 0.238. The Balaban J connectivity index is 1.65. The average molecular weight is 362 g/mol. The summed E-state index contributed by atoms with van der Waals surface area (Å²) in [5.41, 5.74) is 5.17. The quantitative estimate of drug-likeness (QED) is 0.563. The van der Waals surface area contributed by atoms with Gasteiger partial charge in [0.2, 0.25) is 0 Å². The number of amides is 1. The van der Waals surface area contributed by atoms with Crippen molar-refractivity contribution in [2.75, 3.05) is 5.32 Å². The molecular weight excluding hydrogens is 340 g/mol. The van der Waals surface area contributed by atoms with E-state index in [9.17, 15) is 4.79 Å². The molecule has 0 aliphatic heterocycles. The third kappa shape index (κ3) is 3.38. The van der Waals surface area contributed by atoms with E-state index in [0.717, 1.165) is 11.1 Å². The average Bonchev–Trinajstić information content (AvgIpc) is 3.34. The van der Waals surface area contributed by atoms with Gasteiger partial charge in [-0.05, 0) is 26.3 Å². The summed E-state index contributed by atoms with van der Waals surface area (Å²) < 4.78 is 9.30. The van der Waals surface area contributed by atoms with Crippen molar-refractivity contribution in [3.63, 3.8) is 0 Å². The van der Waals surface area contributed by atoms with Crippen molar-refractivity contribution >= 4 is 22.7 Å². The van der Waals surface area contributed by atoms with Crippen LogP contribution < -0.4 is 5.32 Å². The Hall–Kier alpha value is -3.28. The highest BCUT2D eigenvalue weighted by Gasteiger charge is 2.18. The van der Waals surface area contributed by atoms with E-state index < -0.39 is 0 Å². The van der Waals surface area contributed by atoms with Crippen LogP contribution in [0.2, 0.25) is 0 Å². The molecule has 0 radical (unpaired) electrons. The number of aryl methyl sites for hydroxylation is 1. The molecule has 138 valence electrons. The monoisotopic (exact) mass is 362 g/mol. The van der Waals surface area contributed by atoms with Gasteiger partial charge in [0.25, 0.3) is 5.91 Å². The number of benzene rings is 1. The number of furan rings is 1. The van der Waals surface area contributed by atoms with Gasteiger partial charge in [0.05, 0.1) is 23.7 Å². The Kier molecular flexibility index (Phi) is 4.32. The summed E-state index contributed by atoms with van der Waals surface area (Å²) in [4.78, 5) is 12.9. The highest BCUT2D eigenvalue weighted by Crippen LogP contribution is 2.23. The maximum Gasteiger partial charge on any atom is 0.272 e. The summed E-state index contributed by atoms with van der Waals surface area (Å²) in [6.07, 6.45) is 5.14. The van der Waals surface area contributed by atoms with Crippen LogP contribution in [0.3, 0.4) is 0 Å². The third-order valence-electron chi connectivity index (χ3n) is 4.61. The molecule has 0 fully saturated rings. The molecule has 6 nitrogen and oxygen atoms in total. The molecule has 0 aliphatic carbocycles. The topological polar surface area (TPSA) is 65.0 Å². The molecule has 0 spiro atoms. The van der Waals surface area contributed by atoms with Gasteiger partial charge in [-0.15, -0.1) is 0 Å². The summed E-state index contributed by atoms with van der Waals surface area (Å²) in [6.45, 7) is 6.74. The zero-order valence-electron chi connectivity index (χ0n) is 15.6. The van der Waals surface area contributed by atoms with Crippen LogP contribution in [-0.4, -0.2) is 20.3 Å². The summed E-state index contributed by atoms with van der Waals surface area (Å²) in [6, 6.07) is 12.2. The molecule has 0 aliphatic rings. The van der Waals surface area contributed by atoms with Gasteiger partial charge in [0.1, 0.15) is 5.69 Å². The molecule has 1 amide bonds. The van der Waals surface area contributed by atoms with Gasteiger partial charge in [-0.3, -0.25) is 9.48 Å². The second-order valence-corrected chi connectivity index (χ2v) is 7.03. The molecule has 0 bridgehead atoms. The predicted octanol–water partition coefficient (Wildman–Crippen LogP) is 4.62. The maximum absolute atomic E-state index is 12.9. The molecule has 0 saturated heterocycles. The summed E-state index contributed by atoms with van der Waals surface area (Å²) in [5, 5.41) is 7.20. The smallest absolute Gasteiger partial charge is 0.272 e. The lowest BCUT2D eigenvalue weighted by Gasteiger charge is -2.10. The second kappa shape index (κ2) is 6.79. The van der Waals surface area contributed by atoms with Crippen molar-refractivity contribution in [1.29, 1.82) is 0 Å². The van der Waals surface area contributed by atoms with Crippen LogP contribution in [0.25, 0.3) is 11.1 Å². The molecule has 4 aromatic rings. The van der Waals surface area contributed by atoms with E-state index in [1.165, 1.54) is 5.56 Å². The zero-order valence-corrected chi connectivity index (χ0v) is 15.6. The number of fused-ring (bicyclic) bond motifs is 1. The Labute approximate surface area is 157 Å². The first-order valence-corrected chi connectivity index (χ1v) is 8.99. The van der Waals surface area contributed by atoms with E-state index in [1.807, 2.05) is 35.4 Å². The third-order valence-corrected chi connectivity index (χ3v) is 4.61. The fourth-order valence-corrected chi connectivity index (χ4v) is 3.09. The highest BCUT2D eigenvalue weighted by atomic mass is 16.3. The molecule has 4 rings (SSSR count). The van der Waals surface area contributed by atoms with Crippen LogP contribution in [0.1, 0.15) is 41.5 Å². The minimum Gasteiger partial charge on any atom is -0.463 e. The van der Waals surface area contributed by atoms with Crippen molar-refractivity contribution in [3.8, 4) is 0 Å². The van der Waals surface area contributed by atoms with Crippen molar-refractivity contribution in [2.24, 2.45) is 0 Å². The number of aromatic nitrogens is 3. The molecule has 0 unspecified atom stereocenters. The van der Waals surface area contributed by atoms with Crippen molar-refractivity contribution in [3.05, 3.63) is 71.9 Å². The number of nitrogens with one attached hydrogen (secondary N) is 1. The highest BCUT2D eigenvalue weighted by molar-refractivity contribution is 6.05. The van der Waals surface area contributed by atoms with Crippen LogP contribution in [0.5, 0.6) is 0 Å². The molecule has 1 N–H and O–H groups in total. The Morgan fingerprint density at radius 3 is 2.70 bits per heavy atom. The zero-order chi connectivity index (χ0) is 19.0.